The van der Waals surface area contributed by atoms with E-state index in [1.807, 2.05) is 30.3 Å². The van der Waals surface area contributed by atoms with Crippen molar-refractivity contribution in [3.8, 4) is 11.5 Å². The quantitative estimate of drug-likeness (QED) is 0.301. The van der Waals surface area contributed by atoms with Crippen LogP contribution >= 0.6 is 27.3 Å². The van der Waals surface area contributed by atoms with Gasteiger partial charge in [-0.1, -0.05) is 42.2 Å². The third-order valence-corrected chi connectivity index (χ3v) is 7.16. The van der Waals surface area contributed by atoms with Crippen molar-refractivity contribution in [2.75, 3.05) is 20.3 Å². The summed E-state index contributed by atoms with van der Waals surface area (Å²) in [6.07, 6.45) is 3.48. The summed E-state index contributed by atoms with van der Waals surface area (Å²) < 4.78 is 19.1. The fourth-order valence-electron chi connectivity index (χ4n) is 3.92. The van der Waals surface area contributed by atoms with Gasteiger partial charge in [-0.15, -0.1) is 0 Å². The van der Waals surface area contributed by atoms with Gasteiger partial charge in [0.1, 0.15) is 18.1 Å². The van der Waals surface area contributed by atoms with E-state index >= 15 is 0 Å². The number of ether oxygens (including phenoxy) is 3. The van der Waals surface area contributed by atoms with Crippen LogP contribution in [0, 0.1) is 0 Å². The molecule has 0 amide bonds. The predicted octanol–water partition coefficient (Wildman–Crippen LogP) is 4.13. The Bertz CT molecular complexity index is 1520. The SMILES string of the molecule is C=CCOc1ccc(/C=c2/sc3n(c2=O)[C@@H](c2ccc(OC)cc2)C(C(=O)OCC)=C(C)N=3)cc1Br. The number of rotatable bonds is 8. The molecule has 1 aromatic heterocycles. The summed E-state index contributed by atoms with van der Waals surface area (Å²) in [6, 6.07) is 12.2. The van der Waals surface area contributed by atoms with Gasteiger partial charge in [0.25, 0.3) is 5.56 Å². The minimum absolute atomic E-state index is 0.219. The van der Waals surface area contributed by atoms with Crippen LogP contribution in [0.4, 0.5) is 0 Å². The zero-order valence-electron chi connectivity index (χ0n) is 20.1. The molecule has 7 nitrogen and oxygen atoms in total. The number of nitrogens with zero attached hydrogens (tertiary/aromatic N) is 2. The molecule has 0 unspecified atom stereocenters. The maximum absolute atomic E-state index is 13.7. The van der Waals surface area contributed by atoms with E-state index in [0.29, 0.717) is 38.7 Å². The minimum Gasteiger partial charge on any atom is -0.497 e. The fraction of sp³-hybridized carbons (Fsp3) is 0.222. The molecule has 1 aliphatic heterocycles. The zero-order valence-corrected chi connectivity index (χ0v) is 22.5. The molecule has 9 heteroatoms. The highest BCUT2D eigenvalue weighted by molar-refractivity contribution is 9.10. The van der Waals surface area contributed by atoms with Crippen LogP contribution in [0.25, 0.3) is 6.08 Å². The van der Waals surface area contributed by atoms with Crippen LogP contribution in [0.5, 0.6) is 11.5 Å². The first-order chi connectivity index (χ1) is 17.4. The van der Waals surface area contributed by atoms with Crippen molar-refractivity contribution in [2.24, 2.45) is 4.99 Å². The number of hydrogen-bond acceptors (Lipinski definition) is 7. The van der Waals surface area contributed by atoms with Crippen LogP contribution in [0.1, 0.15) is 31.0 Å². The van der Waals surface area contributed by atoms with E-state index in [2.05, 4.69) is 27.5 Å². The number of methoxy groups -OCH3 is 1. The summed E-state index contributed by atoms with van der Waals surface area (Å²) in [7, 11) is 1.59. The number of fused-ring (bicyclic) bond motifs is 1. The minimum atomic E-state index is -0.672. The monoisotopic (exact) mass is 568 g/mol. The molecule has 2 heterocycles. The molecule has 1 aliphatic rings. The van der Waals surface area contributed by atoms with Gasteiger partial charge >= 0.3 is 5.97 Å². The first kappa shape index (κ1) is 25.7. The number of thiazole rings is 1. The molecule has 0 fully saturated rings. The highest BCUT2D eigenvalue weighted by atomic mass is 79.9. The molecular weight excluding hydrogens is 544 g/mol. The van der Waals surface area contributed by atoms with Gasteiger partial charge < -0.3 is 14.2 Å². The number of hydrogen-bond donors (Lipinski definition) is 0. The molecule has 36 heavy (non-hydrogen) atoms. The molecule has 2 aromatic carbocycles. The average molecular weight is 569 g/mol. The van der Waals surface area contributed by atoms with Crippen molar-refractivity contribution in [3.63, 3.8) is 0 Å². The van der Waals surface area contributed by atoms with E-state index in [1.165, 1.54) is 11.3 Å². The third kappa shape index (κ3) is 5.08. The summed E-state index contributed by atoms with van der Waals surface area (Å²) >= 11 is 4.79. The number of halogens is 1. The standard InChI is InChI=1S/C27H25BrN2O5S/c1-5-13-35-21-12-7-17(14-20(21)28)15-22-25(31)30-24(18-8-10-19(33-4)11-9-18)23(26(32)34-6-2)16(3)29-27(30)36-22/h5,7-12,14-15,24H,1,6,13H2,2-4H3/b22-15+/t24-/m0/s1. The first-order valence-electron chi connectivity index (χ1n) is 11.2. The van der Waals surface area contributed by atoms with Gasteiger partial charge in [0, 0.05) is 0 Å². The molecule has 0 saturated carbocycles. The van der Waals surface area contributed by atoms with Gasteiger partial charge in [-0.2, -0.15) is 0 Å². The number of carbonyl (C=O) groups excluding carboxylic acids is 1. The molecule has 186 valence electrons. The lowest BCUT2D eigenvalue weighted by Crippen LogP contribution is -2.39. The fourth-order valence-corrected chi connectivity index (χ4v) is 5.47. The summed E-state index contributed by atoms with van der Waals surface area (Å²) in [5.41, 5.74) is 2.20. The van der Waals surface area contributed by atoms with Crippen molar-refractivity contribution >= 4 is 39.3 Å². The maximum atomic E-state index is 13.7. The lowest BCUT2D eigenvalue weighted by atomic mass is 9.96. The van der Waals surface area contributed by atoms with Crippen molar-refractivity contribution in [1.82, 2.24) is 4.57 Å². The molecule has 0 saturated heterocycles. The lowest BCUT2D eigenvalue weighted by molar-refractivity contribution is -0.139. The molecule has 4 rings (SSSR count). The van der Waals surface area contributed by atoms with Crippen molar-refractivity contribution < 1.29 is 19.0 Å². The Labute approximate surface area is 220 Å². The Balaban J connectivity index is 1.86. The van der Waals surface area contributed by atoms with Crippen LogP contribution < -0.4 is 24.4 Å². The molecular formula is C27H25BrN2O5S. The highest BCUT2D eigenvalue weighted by Crippen LogP contribution is 2.31. The molecule has 0 bridgehead atoms. The van der Waals surface area contributed by atoms with Crippen LogP contribution in [-0.4, -0.2) is 30.9 Å². The summed E-state index contributed by atoms with van der Waals surface area (Å²) in [4.78, 5) is 31.8. The van der Waals surface area contributed by atoms with Crippen LogP contribution in [-0.2, 0) is 9.53 Å². The Morgan fingerprint density at radius 3 is 2.64 bits per heavy atom. The molecule has 1 atom stereocenters. The summed E-state index contributed by atoms with van der Waals surface area (Å²) in [6.45, 7) is 7.78. The maximum Gasteiger partial charge on any atom is 0.338 e. The highest BCUT2D eigenvalue weighted by Gasteiger charge is 2.33. The van der Waals surface area contributed by atoms with Gasteiger partial charge in [0.2, 0.25) is 0 Å². The molecule has 0 radical (unpaired) electrons. The molecule has 0 spiro atoms. The Morgan fingerprint density at radius 2 is 2.00 bits per heavy atom. The zero-order chi connectivity index (χ0) is 25.8. The van der Waals surface area contributed by atoms with E-state index < -0.39 is 12.0 Å². The van der Waals surface area contributed by atoms with Gasteiger partial charge in [-0.3, -0.25) is 9.36 Å². The van der Waals surface area contributed by atoms with Gasteiger partial charge in [-0.05, 0) is 71.2 Å². The molecule has 3 aromatic rings. The summed E-state index contributed by atoms with van der Waals surface area (Å²) in [5.74, 6) is 0.867. The predicted molar refractivity (Wildman–Crippen MR) is 143 cm³/mol. The second kappa shape index (κ2) is 11.1. The van der Waals surface area contributed by atoms with E-state index in [4.69, 9.17) is 14.2 Å². The van der Waals surface area contributed by atoms with E-state index in [-0.39, 0.29) is 12.2 Å². The van der Waals surface area contributed by atoms with Crippen LogP contribution in [0.2, 0.25) is 0 Å². The Morgan fingerprint density at radius 1 is 1.25 bits per heavy atom. The Hall–Kier alpha value is -3.43. The number of aromatic nitrogens is 1. The van der Waals surface area contributed by atoms with Crippen molar-refractivity contribution in [3.05, 3.63) is 102 Å². The van der Waals surface area contributed by atoms with Gasteiger partial charge in [-0.25, -0.2) is 9.79 Å². The smallest absolute Gasteiger partial charge is 0.338 e. The second-order valence-corrected chi connectivity index (χ2v) is 9.73. The normalized spacial score (nSPS) is 15.2. The van der Waals surface area contributed by atoms with Crippen LogP contribution in [0.15, 0.2) is 80.6 Å². The number of carbonyl (C=O) groups is 1. The van der Waals surface area contributed by atoms with E-state index in [9.17, 15) is 9.59 Å². The van der Waals surface area contributed by atoms with Crippen molar-refractivity contribution in [2.45, 2.75) is 19.9 Å². The lowest BCUT2D eigenvalue weighted by Gasteiger charge is -2.24. The Kier molecular flexibility index (Phi) is 7.91. The molecule has 0 N–H and O–H groups in total. The topological polar surface area (TPSA) is 79.1 Å². The van der Waals surface area contributed by atoms with Crippen molar-refractivity contribution in [1.29, 1.82) is 0 Å². The largest absolute Gasteiger partial charge is 0.497 e. The first-order valence-corrected chi connectivity index (χ1v) is 12.9. The molecule has 0 aliphatic carbocycles. The third-order valence-electron chi connectivity index (χ3n) is 5.56. The number of esters is 1. The average Bonchev–Trinajstić information content (AvgIpc) is 3.17. The van der Waals surface area contributed by atoms with Gasteiger partial charge in [0.05, 0.1) is 40.0 Å². The summed E-state index contributed by atoms with van der Waals surface area (Å²) in [5, 5.41) is 0. The van der Waals surface area contributed by atoms with Crippen LogP contribution in [0.3, 0.4) is 0 Å². The number of benzene rings is 2. The van der Waals surface area contributed by atoms with Gasteiger partial charge in [0.15, 0.2) is 4.80 Å². The second-order valence-electron chi connectivity index (χ2n) is 7.86. The number of allylic oxidation sites excluding steroid dienone is 1. The van der Waals surface area contributed by atoms with E-state index in [0.717, 1.165) is 15.6 Å². The van der Waals surface area contributed by atoms with E-state index in [1.54, 1.807) is 49.8 Å².